The molecule has 5 rings (SSSR count). The molecule has 0 saturated heterocycles. The van der Waals surface area contributed by atoms with Crippen molar-refractivity contribution in [2.45, 2.75) is 49.7 Å². The maximum atomic E-state index is 14.7. The van der Waals surface area contributed by atoms with E-state index in [1.165, 1.54) is 24.1 Å². The van der Waals surface area contributed by atoms with Gasteiger partial charge in [-0.05, 0) is 66.3 Å². The van der Waals surface area contributed by atoms with Gasteiger partial charge in [0, 0.05) is 36.1 Å². The first-order valence-electron chi connectivity index (χ1n) is 12.2. The zero-order valence-corrected chi connectivity index (χ0v) is 20.5. The summed E-state index contributed by atoms with van der Waals surface area (Å²) < 4.78 is 66.8. The number of alkyl halides is 4. The fourth-order valence-corrected chi connectivity index (χ4v) is 5.06. The second kappa shape index (κ2) is 9.90. The van der Waals surface area contributed by atoms with Gasteiger partial charge in [-0.1, -0.05) is 12.1 Å². The van der Waals surface area contributed by atoms with Crippen molar-refractivity contribution in [3.8, 4) is 11.5 Å². The second-order valence-corrected chi connectivity index (χ2v) is 9.52. The third-order valence-electron chi connectivity index (χ3n) is 7.14. The number of amides is 1. The molecule has 10 heteroatoms. The van der Waals surface area contributed by atoms with Crippen LogP contribution >= 0.6 is 0 Å². The number of halogens is 4. The van der Waals surface area contributed by atoms with E-state index in [9.17, 15) is 27.5 Å². The molecule has 2 aliphatic rings. The first-order chi connectivity index (χ1) is 18.1. The molecule has 3 atom stereocenters. The predicted octanol–water partition coefficient (Wildman–Crippen LogP) is 5.22. The quantitative estimate of drug-likeness (QED) is 0.443. The largest absolute Gasteiger partial charge is 0.497 e. The Morgan fingerprint density at radius 3 is 2.68 bits per heavy atom. The van der Waals surface area contributed by atoms with Crippen molar-refractivity contribution in [2.75, 3.05) is 18.6 Å². The lowest BCUT2D eigenvalue weighted by Crippen LogP contribution is -2.53. The van der Waals surface area contributed by atoms with Crippen LogP contribution in [0.2, 0.25) is 0 Å². The van der Waals surface area contributed by atoms with Gasteiger partial charge in [0.05, 0.1) is 13.7 Å². The minimum Gasteiger partial charge on any atom is -0.497 e. The van der Waals surface area contributed by atoms with Gasteiger partial charge in [0.2, 0.25) is 11.5 Å². The summed E-state index contributed by atoms with van der Waals surface area (Å²) in [5, 5.41) is 10.2. The van der Waals surface area contributed by atoms with E-state index in [4.69, 9.17) is 9.47 Å². The van der Waals surface area contributed by atoms with E-state index in [0.717, 1.165) is 5.56 Å². The molecule has 38 heavy (non-hydrogen) atoms. The Morgan fingerprint density at radius 2 is 1.97 bits per heavy atom. The fraction of sp³-hybridized carbons (Fsp3) is 0.357. The van der Waals surface area contributed by atoms with E-state index in [0.29, 0.717) is 35.6 Å². The van der Waals surface area contributed by atoms with E-state index in [1.54, 1.807) is 42.7 Å². The third-order valence-corrected chi connectivity index (χ3v) is 7.14. The minimum atomic E-state index is -5.17. The summed E-state index contributed by atoms with van der Waals surface area (Å²) in [6.45, 7) is 0.120. The molecule has 0 spiro atoms. The molecule has 1 aromatic heterocycles. The Morgan fingerprint density at radius 1 is 1.18 bits per heavy atom. The minimum absolute atomic E-state index is 0.111. The molecule has 1 N–H and O–H groups in total. The molecular formula is C28H26F4N2O4. The first kappa shape index (κ1) is 26.0. The summed E-state index contributed by atoms with van der Waals surface area (Å²) in [5.41, 5.74) is -2.72. The van der Waals surface area contributed by atoms with Gasteiger partial charge in [-0.15, -0.1) is 0 Å². The molecule has 2 unspecified atom stereocenters. The summed E-state index contributed by atoms with van der Waals surface area (Å²) in [5.74, 6) is 0.824. The normalized spacial score (nSPS) is 22.5. The summed E-state index contributed by atoms with van der Waals surface area (Å²) in [6.07, 6.45) is -3.83. The number of aromatic nitrogens is 1. The van der Waals surface area contributed by atoms with Crippen LogP contribution in [-0.2, 0) is 23.2 Å². The Hall–Kier alpha value is -3.66. The lowest BCUT2D eigenvalue weighted by molar-refractivity contribution is -0.302. The Kier molecular flexibility index (Phi) is 6.77. The highest BCUT2D eigenvalue weighted by Gasteiger charge is 2.68. The van der Waals surface area contributed by atoms with Crippen molar-refractivity contribution in [3.05, 3.63) is 83.2 Å². The summed E-state index contributed by atoms with van der Waals surface area (Å²) in [7, 11) is 1.53. The molecule has 0 fully saturated rings. The standard InChI is InChI=1S/C28H26F4N2O4/c1-37-19-5-2-6-20(13-19)38-21-9-8-18-12-23-22(26(29)27(23,36)28(30,31)32)14-24(18)34(16-21)25(35)10-7-17-4-3-11-33-15-17/h2-6,11-15,21,26,36H,7-10,16H2,1H3/t21-,26?,27?/m0/s1. The molecule has 200 valence electrons. The number of methoxy groups -OCH3 is 1. The zero-order valence-electron chi connectivity index (χ0n) is 20.5. The van der Waals surface area contributed by atoms with Crippen molar-refractivity contribution >= 4 is 11.6 Å². The highest BCUT2D eigenvalue weighted by Crippen LogP contribution is 2.60. The SMILES string of the molecule is COc1cccc(O[C@H]2CCc3cc4c(cc3N(C(=O)CCc3cccnc3)C2)C(F)C4(O)C(F)(F)F)c1. The molecule has 0 bridgehead atoms. The maximum Gasteiger partial charge on any atom is 0.424 e. The van der Waals surface area contributed by atoms with Crippen molar-refractivity contribution in [2.24, 2.45) is 0 Å². The smallest absolute Gasteiger partial charge is 0.424 e. The van der Waals surface area contributed by atoms with Crippen molar-refractivity contribution < 1.29 is 36.9 Å². The monoisotopic (exact) mass is 530 g/mol. The molecule has 0 radical (unpaired) electrons. The van der Waals surface area contributed by atoms with Crippen LogP contribution in [0.5, 0.6) is 11.5 Å². The topological polar surface area (TPSA) is 71.9 Å². The average molecular weight is 531 g/mol. The highest BCUT2D eigenvalue weighted by molar-refractivity contribution is 5.95. The molecule has 0 saturated carbocycles. The van der Waals surface area contributed by atoms with E-state index in [-0.39, 0.29) is 30.9 Å². The highest BCUT2D eigenvalue weighted by atomic mass is 19.4. The third kappa shape index (κ3) is 4.57. The number of benzene rings is 2. The molecule has 2 heterocycles. The molecular weight excluding hydrogens is 504 g/mol. The number of hydrogen-bond donors (Lipinski definition) is 1. The van der Waals surface area contributed by atoms with Crippen LogP contribution in [0.4, 0.5) is 23.2 Å². The zero-order chi connectivity index (χ0) is 27.1. The number of ether oxygens (including phenoxy) is 2. The van der Waals surface area contributed by atoms with E-state index >= 15 is 0 Å². The Balaban J connectivity index is 1.47. The van der Waals surface area contributed by atoms with Gasteiger partial charge >= 0.3 is 6.18 Å². The second-order valence-electron chi connectivity index (χ2n) is 9.52. The lowest BCUT2D eigenvalue weighted by Gasteiger charge is -2.44. The van der Waals surface area contributed by atoms with E-state index < -0.39 is 29.6 Å². The van der Waals surface area contributed by atoms with E-state index in [2.05, 4.69) is 4.98 Å². The van der Waals surface area contributed by atoms with E-state index in [1.807, 2.05) is 6.07 Å². The first-order valence-corrected chi connectivity index (χ1v) is 12.2. The van der Waals surface area contributed by atoms with Gasteiger partial charge in [0.25, 0.3) is 0 Å². The van der Waals surface area contributed by atoms with Gasteiger partial charge in [-0.25, -0.2) is 4.39 Å². The lowest BCUT2D eigenvalue weighted by atomic mass is 9.70. The molecule has 3 aromatic rings. The number of rotatable bonds is 6. The average Bonchev–Trinajstić information content (AvgIpc) is 3.09. The number of fused-ring (bicyclic) bond motifs is 2. The van der Waals surface area contributed by atoms with Crippen LogP contribution in [0, 0.1) is 0 Å². The predicted molar refractivity (Wildman–Crippen MR) is 131 cm³/mol. The molecule has 1 amide bonds. The van der Waals surface area contributed by atoms with Crippen LogP contribution in [-0.4, -0.2) is 41.9 Å². The summed E-state index contributed by atoms with van der Waals surface area (Å²) >= 11 is 0. The van der Waals surface area contributed by atoms with Gasteiger partial charge in [0.15, 0.2) is 6.17 Å². The summed E-state index contributed by atoms with van der Waals surface area (Å²) in [6, 6.07) is 13.0. The number of nitrogens with zero attached hydrogens (tertiary/aromatic N) is 2. The molecule has 2 aromatic carbocycles. The maximum absolute atomic E-state index is 14.7. The van der Waals surface area contributed by atoms with Gasteiger partial charge in [-0.2, -0.15) is 13.2 Å². The van der Waals surface area contributed by atoms with Crippen LogP contribution in [0.15, 0.2) is 60.9 Å². The van der Waals surface area contributed by atoms with Crippen LogP contribution < -0.4 is 14.4 Å². The number of hydrogen-bond acceptors (Lipinski definition) is 5. The fourth-order valence-electron chi connectivity index (χ4n) is 5.06. The molecule has 1 aliphatic carbocycles. The van der Waals surface area contributed by atoms with Crippen LogP contribution in [0.25, 0.3) is 0 Å². The number of carbonyl (C=O) groups excluding carboxylic acids is 1. The number of aliphatic hydroxyl groups is 1. The van der Waals surface area contributed by atoms with Crippen molar-refractivity contribution in [1.29, 1.82) is 0 Å². The Labute approximate surface area is 216 Å². The number of pyridine rings is 1. The van der Waals surface area contributed by atoms with Crippen LogP contribution in [0.3, 0.4) is 0 Å². The Bertz CT molecular complexity index is 1330. The van der Waals surface area contributed by atoms with Gasteiger partial charge in [-0.3, -0.25) is 9.78 Å². The molecule has 6 nitrogen and oxygen atoms in total. The number of carbonyl (C=O) groups is 1. The van der Waals surface area contributed by atoms with Gasteiger partial charge in [0.1, 0.15) is 17.6 Å². The van der Waals surface area contributed by atoms with Gasteiger partial charge < -0.3 is 19.5 Å². The summed E-state index contributed by atoms with van der Waals surface area (Å²) in [4.78, 5) is 19.0. The number of aryl methyl sites for hydroxylation is 2. The van der Waals surface area contributed by atoms with Crippen LogP contribution in [0.1, 0.15) is 41.3 Å². The molecule has 1 aliphatic heterocycles. The van der Waals surface area contributed by atoms with Crippen molar-refractivity contribution in [3.63, 3.8) is 0 Å². The number of anilines is 1. The van der Waals surface area contributed by atoms with Crippen molar-refractivity contribution in [1.82, 2.24) is 4.98 Å².